The van der Waals surface area contributed by atoms with Crippen LogP contribution >= 0.6 is 0 Å². The van der Waals surface area contributed by atoms with E-state index in [1.165, 1.54) is 6.07 Å². The molecule has 5 nitrogen and oxygen atoms in total. The van der Waals surface area contributed by atoms with Gasteiger partial charge in [-0.1, -0.05) is 18.2 Å². The molecule has 0 amide bonds. The first kappa shape index (κ1) is 13.9. The average molecular weight is 305 g/mol. The maximum atomic E-state index is 12.4. The molecule has 0 fully saturated rings. The van der Waals surface area contributed by atoms with E-state index in [1.54, 1.807) is 36.4 Å². The maximum absolute atomic E-state index is 12.4. The van der Waals surface area contributed by atoms with E-state index in [1.807, 2.05) is 0 Å². The molecule has 0 aliphatic carbocycles. The van der Waals surface area contributed by atoms with Crippen LogP contribution in [0, 0.1) is 0 Å². The van der Waals surface area contributed by atoms with Crippen LogP contribution in [0.15, 0.2) is 47.4 Å². The van der Waals surface area contributed by atoms with Gasteiger partial charge in [0.05, 0.1) is 23.8 Å². The number of hydrogen-bond donors (Lipinski definition) is 2. The Kier molecular flexibility index (Phi) is 3.57. The number of fused-ring (bicyclic) bond motifs is 1. The van der Waals surface area contributed by atoms with Crippen molar-refractivity contribution in [2.75, 3.05) is 11.3 Å². The number of rotatable bonds is 4. The predicted molar refractivity (Wildman–Crippen MR) is 78.8 cm³/mol. The standard InChI is InChI=1S/C15H15NO4S/c17-10-12-3-1-2-4-14(12)16-21(18,19)13-5-6-15-11(9-13)7-8-20-15/h1-6,9,16-17H,7-8,10H2. The van der Waals surface area contributed by atoms with Gasteiger partial charge in [-0.2, -0.15) is 0 Å². The Balaban J connectivity index is 1.94. The summed E-state index contributed by atoms with van der Waals surface area (Å²) < 4.78 is 32.8. The molecule has 110 valence electrons. The summed E-state index contributed by atoms with van der Waals surface area (Å²) in [5, 5.41) is 9.26. The van der Waals surface area contributed by atoms with Crippen LogP contribution in [0.2, 0.25) is 0 Å². The molecule has 21 heavy (non-hydrogen) atoms. The highest BCUT2D eigenvalue weighted by Gasteiger charge is 2.20. The molecule has 1 aliphatic heterocycles. The molecule has 0 saturated heterocycles. The van der Waals surface area contributed by atoms with Gasteiger partial charge in [0.15, 0.2) is 0 Å². The molecular weight excluding hydrogens is 290 g/mol. The van der Waals surface area contributed by atoms with Crippen molar-refractivity contribution in [3.05, 3.63) is 53.6 Å². The van der Waals surface area contributed by atoms with Gasteiger partial charge < -0.3 is 9.84 Å². The quantitative estimate of drug-likeness (QED) is 0.905. The van der Waals surface area contributed by atoms with Crippen LogP contribution in [0.25, 0.3) is 0 Å². The second kappa shape index (κ2) is 5.38. The highest BCUT2D eigenvalue weighted by molar-refractivity contribution is 7.92. The van der Waals surface area contributed by atoms with Gasteiger partial charge in [0.2, 0.25) is 0 Å². The SMILES string of the molecule is O=S(=O)(Nc1ccccc1CO)c1ccc2c(c1)CCO2. The van der Waals surface area contributed by atoms with Crippen LogP contribution in [0.5, 0.6) is 5.75 Å². The number of anilines is 1. The molecule has 0 unspecified atom stereocenters. The van der Waals surface area contributed by atoms with Crippen molar-refractivity contribution in [2.45, 2.75) is 17.9 Å². The highest BCUT2D eigenvalue weighted by atomic mass is 32.2. The van der Waals surface area contributed by atoms with Gasteiger partial charge in [0.1, 0.15) is 5.75 Å². The van der Waals surface area contributed by atoms with Crippen LogP contribution in [-0.2, 0) is 23.1 Å². The number of aliphatic hydroxyl groups is 1. The molecule has 0 atom stereocenters. The van der Waals surface area contributed by atoms with Crippen LogP contribution in [-0.4, -0.2) is 20.1 Å². The third kappa shape index (κ3) is 2.72. The molecule has 2 aromatic rings. The largest absolute Gasteiger partial charge is 0.493 e. The number of ether oxygens (including phenoxy) is 1. The molecule has 2 N–H and O–H groups in total. The Hall–Kier alpha value is -2.05. The minimum atomic E-state index is -3.68. The minimum absolute atomic E-state index is 0.194. The minimum Gasteiger partial charge on any atom is -0.493 e. The molecular formula is C15H15NO4S. The first-order valence-corrected chi connectivity index (χ1v) is 8.06. The Labute approximate surface area is 123 Å². The van der Waals surface area contributed by atoms with Crippen LogP contribution in [0.1, 0.15) is 11.1 Å². The number of aliphatic hydroxyl groups excluding tert-OH is 1. The zero-order valence-electron chi connectivity index (χ0n) is 11.2. The lowest BCUT2D eigenvalue weighted by molar-refractivity contribution is 0.282. The van der Waals surface area contributed by atoms with Crippen LogP contribution in [0.3, 0.4) is 0 Å². The second-order valence-corrected chi connectivity index (χ2v) is 6.47. The Morgan fingerprint density at radius 2 is 2.00 bits per heavy atom. The van der Waals surface area contributed by atoms with Gasteiger partial charge >= 0.3 is 0 Å². The molecule has 1 aliphatic rings. The predicted octanol–water partition coefficient (Wildman–Crippen LogP) is 1.91. The third-order valence-electron chi connectivity index (χ3n) is 3.40. The molecule has 0 bridgehead atoms. The first-order valence-electron chi connectivity index (χ1n) is 6.57. The van der Waals surface area contributed by atoms with Crippen LogP contribution in [0.4, 0.5) is 5.69 Å². The molecule has 1 heterocycles. The van der Waals surface area contributed by atoms with E-state index in [4.69, 9.17) is 4.74 Å². The lowest BCUT2D eigenvalue weighted by Crippen LogP contribution is -2.14. The van der Waals surface area contributed by atoms with Crippen LogP contribution < -0.4 is 9.46 Å². The van der Waals surface area contributed by atoms with Crippen molar-refractivity contribution >= 4 is 15.7 Å². The molecule has 0 aromatic heterocycles. The summed E-state index contributed by atoms with van der Waals surface area (Å²) in [7, 11) is -3.68. The van der Waals surface area contributed by atoms with Crippen molar-refractivity contribution in [3.63, 3.8) is 0 Å². The van der Waals surface area contributed by atoms with Crippen molar-refractivity contribution in [1.29, 1.82) is 0 Å². The van der Waals surface area contributed by atoms with Crippen molar-refractivity contribution in [3.8, 4) is 5.75 Å². The van der Waals surface area contributed by atoms with Gasteiger partial charge in [-0.05, 0) is 29.8 Å². The third-order valence-corrected chi connectivity index (χ3v) is 4.77. The Morgan fingerprint density at radius 1 is 1.19 bits per heavy atom. The summed E-state index contributed by atoms with van der Waals surface area (Å²) in [6.45, 7) is 0.357. The fourth-order valence-corrected chi connectivity index (χ4v) is 3.44. The summed E-state index contributed by atoms with van der Waals surface area (Å²) in [4.78, 5) is 0.194. The van der Waals surface area contributed by atoms with E-state index in [9.17, 15) is 13.5 Å². The fourth-order valence-electron chi connectivity index (χ4n) is 2.29. The van der Waals surface area contributed by atoms with E-state index in [0.29, 0.717) is 24.3 Å². The summed E-state index contributed by atoms with van der Waals surface area (Å²) in [6, 6.07) is 11.6. The van der Waals surface area contributed by atoms with Gasteiger partial charge in [-0.3, -0.25) is 4.72 Å². The van der Waals surface area contributed by atoms with Gasteiger partial charge in [0.25, 0.3) is 10.0 Å². The summed E-state index contributed by atoms with van der Waals surface area (Å²) in [5.41, 5.74) is 1.82. The maximum Gasteiger partial charge on any atom is 0.261 e. The molecule has 3 rings (SSSR count). The zero-order valence-corrected chi connectivity index (χ0v) is 12.1. The lowest BCUT2D eigenvalue weighted by Gasteiger charge is -2.12. The van der Waals surface area contributed by atoms with Gasteiger partial charge in [-0.15, -0.1) is 0 Å². The van der Waals surface area contributed by atoms with Crippen molar-refractivity contribution < 1.29 is 18.3 Å². The first-order chi connectivity index (χ1) is 10.1. The zero-order chi connectivity index (χ0) is 14.9. The average Bonchev–Trinajstić information content (AvgIpc) is 2.95. The smallest absolute Gasteiger partial charge is 0.261 e. The highest BCUT2D eigenvalue weighted by Crippen LogP contribution is 2.28. The molecule has 6 heteroatoms. The molecule has 0 radical (unpaired) electrons. The Bertz CT molecular complexity index is 771. The second-order valence-electron chi connectivity index (χ2n) is 4.79. The fraction of sp³-hybridized carbons (Fsp3) is 0.200. The summed E-state index contributed by atoms with van der Waals surface area (Å²) in [6.07, 6.45) is 0.714. The van der Waals surface area contributed by atoms with Gasteiger partial charge in [-0.25, -0.2) is 8.42 Å². The van der Waals surface area contributed by atoms with E-state index >= 15 is 0 Å². The van der Waals surface area contributed by atoms with Gasteiger partial charge in [0, 0.05) is 12.0 Å². The number of nitrogens with one attached hydrogen (secondary N) is 1. The number of benzene rings is 2. The monoisotopic (exact) mass is 305 g/mol. The van der Waals surface area contributed by atoms with Crippen molar-refractivity contribution in [2.24, 2.45) is 0 Å². The number of hydrogen-bond acceptors (Lipinski definition) is 4. The topological polar surface area (TPSA) is 75.6 Å². The molecule has 0 spiro atoms. The normalized spacial score (nSPS) is 13.6. The molecule has 2 aromatic carbocycles. The van der Waals surface area contributed by atoms with Crippen molar-refractivity contribution in [1.82, 2.24) is 0 Å². The van der Waals surface area contributed by atoms with E-state index in [2.05, 4.69) is 4.72 Å². The summed E-state index contributed by atoms with van der Waals surface area (Å²) >= 11 is 0. The lowest BCUT2D eigenvalue weighted by atomic mass is 10.2. The Morgan fingerprint density at radius 3 is 2.81 bits per heavy atom. The number of sulfonamides is 1. The number of para-hydroxylation sites is 1. The summed E-state index contributed by atoms with van der Waals surface area (Å²) in [5.74, 6) is 0.740. The van der Waals surface area contributed by atoms with E-state index in [0.717, 1.165) is 11.3 Å². The van der Waals surface area contributed by atoms with E-state index in [-0.39, 0.29) is 11.5 Å². The molecule has 0 saturated carbocycles. The van der Waals surface area contributed by atoms with E-state index < -0.39 is 10.0 Å².